The van der Waals surface area contributed by atoms with Gasteiger partial charge in [-0.3, -0.25) is 0 Å². The van der Waals surface area contributed by atoms with Crippen LogP contribution in [0.3, 0.4) is 0 Å². The highest BCUT2D eigenvalue weighted by molar-refractivity contribution is 7.89. The van der Waals surface area contributed by atoms with Crippen molar-refractivity contribution in [3.8, 4) is 17.9 Å². The number of hydrogen-bond donors (Lipinski definition) is 2. The summed E-state index contributed by atoms with van der Waals surface area (Å²) in [6, 6.07) is 5.91. The van der Waals surface area contributed by atoms with Gasteiger partial charge in [-0.2, -0.15) is 14.8 Å². The Bertz CT molecular complexity index is 699. The summed E-state index contributed by atoms with van der Waals surface area (Å²) in [6.07, 6.45) is 0. The van der Waals surface area contributed by atoms with Gasteiger partial charge < -0.3 is 10.2 Å². The summed E-state index contributed by atoms with van der Waals surface area (Å²) in [5.41, 5.74) is -0.583. The summed E-state index contributed by atoms with van der Waals surface area (Å²) in [5, 5.41) is 35.3. The van der Waals surface area contributed by atoms with Gasteiger partial charge in [-0.15, -0.1) is 0 Å². The van der Waals surface area contributed by atoms with Crippen molar-refractivity contribution in [1.82, 2.24) is 4.31 Å². The van der Waals surface area contributed by atoms with Crippen LogP contribution < -0.4 is 0 Å². The van der Waals surface area contributed by atoms with Gasteiger partial charge in [0, 0.05) is 0 Å². The number of aromatic hydroxyl groups is 1. The first-order chi connectivity index (χ1) is 9.34. The van der Waals surface area contributed by atoms with E-state index in [0.717, 1.165) is 18.2 Å². The maximum Gasteiger partial charge on any atom is 0.339 e. The van der Waals surface area contributed by atoms with E-state index in [1.807, 2.05) is 0 Å². The lowest BCUT2D eigenvalue weighted by atomic mass is 10.2. The van der Waals surface area contributed by atoms with Crippen molar-refractivity contribution < 1.29 is 23.4 Å². The second-order valence-electron chi connectivity index (χ2n) is 3.57. The molecule has 1 aromatic rings. The third kappa shape index (κ3) is 3.03. The Morgan fingerprint density at radius 1 is 1.25 bits per heavy atom. The van der Waals surface area contributed by atoms with Gasteiger partial charge in [0.05, 0.1) is 17.0 Å². The molecule has 0 aromatic heterocycles. The van der Waals surface area contributed by atoms with E-state index in [1.54, 1.807) is 12.1 Å². The van der Waals surface area contributed by atoms with Crippen LogP contribution in [0.4, 0.5) is 0 Å². The highest BCUT2D eigenvalue weighted by Gasteiger charge is 2.26. The van der Waals surface area contributed by atoms with E-state index < -0.39 is 45.3 Å². The maximum absolute atomic E-state index is 12.1. The minimum atomic E-state index is -4.18. The molecule has 0 spiro atoms. The van der Waals surface area contributed by atoms with Crippen LogP contribution in [0.15, 0.2) is 23.1 Å². The minimum absolute atomic E-state index is 0.418. The molecule has 0 fully saturated rings. The van der Waals surface area contributed by atoms with Gasteiger partial charge in [-0.25, -0.2) is 13.2 Å². The third-order valence-corrected chi connectivity index (χ3v) is 4.12. The number of carboxylic acid groups (broad SMARTS) is 1. The molecule has 0 bridgehead atoms. The Morgan fingerprint density at radius 3 is 2.25 bits per heavy atom. The summed E-state index contributed by atoms with van der Waals surface area (Å²) >= 11 is 0. The number of nitrogens with zero attached hydrogens (tertiary/aromatic N) is 3. The fourth-order valence-electron chi connectivity index (χ4n) is 1.38. The minimum Gasteiger partial charge on any atom is -0.507 e. The topological polar surface area (TPSA) is 142 Å². The Balaban J connectivity index is 3.35. The van der Waals surface area contributed by atoms with Crippen LogP contribution in [0.25, 0.3) is 0 Å². The zero-order valence-corrected chi connectivity index (χ0v) is 10.8. The number of nitriles is 2. The van der Waals surface area contributed by atoms with Crippen molar-refractivity contribution >= 4 is 16.0 Å². The van der Waals surface area contributed by atoms with Gasteiger partial charge in [-0.1, -0.05) is 0 Å². The molecule has 0 heterocycles. The SMILES string of the molecule is N#CCN(CC#N)S(=O)(=O)c1ccc(O)c(C(=O)O)c1. The molecular formula is C11H9N3O5S. The predicted molar refractivity (Wildman–Crippen MR) is 65.1 cm³/mol. The van der Waals surface area contributed by atoms with Gasteiger partial charge in [0.25, 0.3) is 0 Å². The molecule has 0 atom stereocenters. The summed E-state index contributed by atoms with van der Waals surface area (Å²) < 4.78 is 24.9. The zero-order valence-electron chi connectivity index (χ0n) is 10.0. The van der Waals surface area contributed by atoms with Crippen LogP contribution in [0.1, 0.15) is 10.4 Å². The van der Waals surface area contributed by atoms with E-state index in [0.29, 0.717) is 4.31 Å². The molecule has 0 unspecified atom stereocenters. The van der Waals surface area contributed by atoms with Crippen LogP contribution >= 0.6 is 0 Å². The van der Waals surface area contributed by atoms with E-state index in [4.69, 9.17) is 15.6 Å². The lowest BCUT2D eigenvalue weighted by Crippen LogP contribution is -2.32. The van der Waals surface area contributed by atoms with Gasteiger partial charge in [-0.05, 0) is 18.2 Å². The third-order valence-electron chi connectivity index (χ3n) is 2.33. The number of phenols is 1. The number of aromatic carboxylic acids is 1. The monoisotopic (exact) mass is 295 g/mol. The largest absolute Gasteiger partial charge is 0.507 e. The van der Waals surface area contributed by atoms with Crippen molar-refractivity contribution in [2.45, 2.75) is 4.90 Å². The summed E-state index contributed by atoms with van der Waals surface area (Å²) in [5.74, 6) is -2.07. The average molecular weight is 295 g/mol. The number of sulfonamides is 1. The summed E-state index contributed by atoms with van der Waals surface area (Å²) in [7, 11) is -4.18. The quantitative estimate of drug-likeness (QED) is 0.735. The van der Waals surface area contributed by atoms with Gasteiger partial charge >= 0.3 is 5.97 Å². The Morgan fingerprint density at radius 2 is 1.80 bits per heavy atom. The van der Waals surface area contributed by atoms with E-state index in [-0.39, 0.29) is 0 Å². The first-order valence-corrected chi connectivity index (χ1v) is 6.59. The van der Waals surface area contributed by atoms with Gasteiger partial charge in [0.1, 0.15) is 24.4 Å². The molecule has 0 saturated carbocycles. The number of benzene rings is 1. The van der Waals surface area contributed by atoms with Crippen molar-refractivity contribution in [2.24, 2.45) is 0 Å². The number of hydrogen-bond acceptors (Lipinski definition) is 6. The fourth-order valence-corrected chi connectivity index (χ4v) is 2.64. The summed E-state index contributed by atoms with van der Waals surface area (Å²) in [4.78, 5) is 10.4. The van der Waals surface area contributed by atoms with Crippen LogP contribution in [-0.4, -0.2) is 42.0 Å². The second kappa shape index (κ2) is 6.02. The Kier molecular flexibility index (Phi) is 4.64. The molecule has 0 aliphatic heterocycles. The molecule has 9 heteroatoms. The highest BCUT2D eigenvalue weighted by Crippen LogP contribution is 2.23. The van der Waals surface area contributed by atoms with Crippen molar-refractivity contribution in [2.75, 3.05) is 13.1 Å². The maximum atomic E-state index is 12.1. The molecule has 8 nitrogen and oxygen atoms in total. The number of carboxylic acids is 1. The molecule has 104 valence electrons. The van der Waals surface area contributed by atoms with Crippen LogP contribution in [-0.2, 0) is 10.0 Å². The lowest BCUT2D eigenvalue weighted by molar-refractivity contribution is 0.0693. The molecule has 2 N–H and O–H groups in total. The van der Waals surface area contributed by atoms with Crippen LogP contribution in [0.2, 0.25) is 0 Å². The van der Waals surface area contributed by atoms with Crippen molar-refractivity contribution in [3.05, 3.63) is 23.8 Å². The van der Waals surface area contributed by atoms with Crippen molar-refractivity contribution in [3.63, 3.8) is 0 Å². The van der Waals surface area contributed by atoms with Crippen molar-refractivity contribution in [1.29, 1.82) is 10.5 Å². The normalized spacial score (nSPS) is 10.8. The first kappa shape index (κ1) is 15.4. The Labute approximate surface area is 114 Å². The smallest absolute Gasteiger partial charge is 0.339 e. The van der Waals surface area contributed by atoms with Crippen LogP contribution in [0.5, 0.6) is 5.75 Å². The molecule has 0 saturated heterocycles. The zero-order chi connectivity index (χ0) is 15.3. The molecule has 0 aliphatic carbocycles. The van der Waals surface area contributed by atoms with E-state index in [9.17, 15) is 18.3 Å². The molecule has 20 heavy (non-hydrogen) atoms. The first-order valence-electron chi connectivity index (χ1n) is 5.15. The van der Waals surface area contributed by atoms with Gasteiger partial charge in [0.2, 0.25) is 10.0 Å². The average Bonchev–Trinajstić information content (AvgIpc) is 2.38. The molecular weight excluding hydrogens is 286 g/mol. The van der Waals surface area contributed by atoms with E-state index in [2.05, 4.69) is 0 Å². The molecule has 0 aliphatic rings. The fraction of sp³-hybridized carbons (Fsp3) is 0.182. The molecule has 1 aromatic carbocycles. The lowest BCUT2D eigenvalue weighted by Gasteiger charge is -2.16. The predicted octanol–water partition coefficient (Wildman–Crippen LogP) is 0.128. The molecule has 0 radical (unpaired) electrons. The van der Waals surface area contributed by atoms with Gasteiger partial charge in [0.15, 0.2) is 0 Å². The number of rotatable bonds is 5. The highest BCUT2D eigenvalue weighted by atomic mass is 32.2. The standard InChI is InChI=1S/C11H9N3O5S/c12-3-5-14(6-4-13)20(18,19)8-1-2-10(15)9(7-8)11(16)17/h1-2,7,15H,5-6H2,(H,16,17). The van der Waals surface area contributed by atoms with E-state index >= 15 is 0 Å². The molecule has 0 amide bonds. The Hall–Kier alpha value is -2.62. The number of carbonyl (C=O) groups is 1. The molecule has 1 rings (SSSR count). The van der Waals surface area contributed by atoms with E-state index in [1.165, 1.54) is 0 Å². The summed E-state index contributed by atoms with van der Waals surface area (Å²) in [6.45, 7) is -1.08. The second-order valence-corrected chi connectivity index (χ2v) is 5.51. The van der Waals surface area contributed by atoms with Crippen LogP contribution in [0, 0.1) is 22.7 Å².